The molecule has 3 rings (SSSR count). The maximum absolute atomic E-state index is 12.3. The number of aryl methyl sites for hydroxylation is 1. The van der Waals surface area contributed by atoms with E-state index in [0.717, 1.165) is 30.0 Å². The molecule has 1 aliphatic rings. The van der Waals surface area contributed by atoms with Crippen LogP contribution in [-0.4, -0.2) is 29.7 Å². The zero-order chi connectivity index (χ0) is 14.9. The van der Waals surface area contributed by atoms with Crippen LogP contribution in [0.5, 0.6) is 0 Å². The number of fused-ring (bicyclic) bond motifs is 1. The summed E-state index contributed by atoms with van der Waals surface area (Å²) in [6.45, 7) is 1.82. The summed E-state index contributed by atoms with van der Waals surface area (Å²) < 4.78 is 28.9. The van der Waals surface area contributed by atoms with Crippen molar-refractivity contribution in [2.45, 2.75) is 24.4 Å². The number of nitrogens with one attached hydrogen (secondary N) is 2. The fraction of sp³-hybridized carbons (Fsp3) is 0.385. The minimum atomic E-state index is -3.48. The quantitative estimate of drug-likeness (QED) is 0.808. The van der Waals surface area contributed by atoms with Gasteiger partial charge in [-0.3, -0.25) is 0 Å². The van der Waals surface area contributed by atoms with Crippen LogP contribution in [0, 0.1) is 0 Å². The van der Waals surface area contributed by atoms with Gasteiger partial charge in [-0.2, -0.15) is 0 Å². The average molecular weight is 307 g/mol. The first kappa shape index (κ1) is 14.2. The lowest BCUT2D eigenvalue weighted by molar-refractivity contribution is 0.580. The van der Waals surface area contributed by atoms with Gasteiger partial charge in [-0.05, 0) is 23.3 Å². The number of sulfonamides is 1. The topological polar surface area (TPSA) is 88.9 Å². The normalized spacial score (nSPS) is 14.3. The number of rotatable bonds is 5. The van der Waals surface area contributed by atoms with Crippen molar-refractivity contribution in [2.24, 2.45) is 7.05 Å². The van der Waals surface area contributed by atoms with Gasteiger partial charge < -0.3 is 9.88 Å². The van der Waals surface area contributed by atoms with Gasteiger partial charge >= 0.3 is 0 Å². The summed E-state index contributed by atoms with van der Waals surface area (Å²) in [6.07, 6.45) is 2.10. The largest absolute Gasteiger partial charge is 0.321 e. The molecule has 0 saturated heterocycles. The predicted molar refractivity (Wildman–Crippen MR) is 76.9 cm³/mol. The van der Waals surface area contributed by atoms with E-state index >= 15 is 0 Å². The van der Waals surface area contributed by atoms with Gasteiger partial charge in [0.05, 0.1) is 4.90 Å². The van der Waals surface area contributed by atoms with Crippen molar-refractivity contribution >= 4 is 10.0 Å². The molecular formula is C13H17N5O2S. The molecule has 7 nitrogen and oxygen atoms in total. The van der Waals surface area contributed by atoms with Crippen molar-refractivity contribution in [1.29, 1.82) is 0 Å². The minimum absolute atomic E-state index is 0.296. The van der Waals surface area contributed by atoms with Gasteiger partial charge in [-0.1, -0.05) is 6.07 Å². The number of aromatic nitrogens is 3. The summed E-state index contributed by atoms with van der Waals surface area (Å²) in [4.78, 5) is 0.308. The molecule has 0 spiro atoms. The van der Waals surface area contributed by atoms with Gasteiger partial charge in [-0.25, -0.2) is 13.1 Å². The van der Waals surface area contributed by atoms with E-state index in [1.165, 1.54) is 0 Å². The molecule has 1 aromatic carbocycles. The molecule has 112 valence electrons. The third-order valence-electron chi connectivity index (χ3n) is 3.56. The van der Waals surface area contributed by atoms with Crippen molar-refractivity contribution in [3.8, 4) is 0 Å². The van der Waals surface area contributed by atoms with Crippen LogP contribution in [0.3, 0.4) is 0 Å². The maximum atomic E-state index is 12.3. The molecule has 8 heteroatoms. The highest BCUT2D eigenvalue weighted by molar-refractivity contribution is 7.89. The molecule has 0 saturated carbocycles. The Balaban J connectivity index is 1.68. The number of hydrogen-bond acceptors (Lipinski definition) is 5. The van der Waals surface area contributed by atoms with E-state index in [9.17, 15) is 8.42 Å². The van der Waals surface area contributed by atoms with E-state index in [4.69, 9.17) is 0 Å². The van der Waals surface area contributed by atoms with Crippen LogP contribution < -0.4 is 10.0 Å². The van der Waals surface area contributed by atoms with E-state index in [1.807, 2.05) is 13.1 Å². The van der Waals surface area contributed by atoms with E-state index in [2.05, 4.69) is 20.2 Å². The molecule has 0 atom stereocenters. The smallest absolute Gasteiger partial charge is 0.240 e. The molecule has 0 fully saturated rings. The lowest BCUT2D eigenvalue weighted by Crippen LogP contribution is -2.26. The van der Waals surface area contributed by atoms with Crippen molar-refractivity contribution in [2.75, 3.05) is 6.54 Å². The molecule has 0 unspecified atom stereocenters. The fourth-order valence-electron chi connectivity index (χ4n) is 2.35. The first-order valence-corrected chi connectivity index (χ1v) is 8.19. The fourth-order valence-corrected chi connectivity index (χ4v) is 3.43. The SMILES string of the molecule is Cn1cnnc1CCNS(=O)(=O)c1ccc2c(c1)CNC2. The minimum Gasteiger partial charge on any atom is -0.321 e. The molecule has 0 amide bonds. The Morgan fingerprint density at radius 1 is 1.33 bits per heavy atom. The van der Waals surface area contributed by atoms with Gasteiger partial charge in [0.15, 0.2) is 0 Å². The van der Waals surface area contributed by atoms with Crippen molar-refractivity contribution < 1.29 is 8.42 Å². The van der Waals surface area contributed by atoms with Gasteiger partial charge in [0.25, 0.3) is 0 Å². The monoisotopic (exact) mass is 307 g/mol. The molecule has 21 heavy (non-hydrogen) atoms. The second-order valence-electron chi connectivity index (χ2n) is 5.04. The van der Waals surface area contributed by atoms with Crippen LogP contribution in [0.4, 0.5) is 0 Å². The maximum Gasteiger partial charge on any atom is 0.240 e. The first-order chi connectivity index (χ1) is 10.1. The molecule has 0 aliphatic carbocycles. The van der Waals surface area contributed by atoms with Gasteiger partial charge in [0.1, 0.15) is 12.2 Å². The lowest BCUT2D eigenvalue weighted by atomic mass is 10.1. The van der Waals surface area contributed by atoms with E-state index in [0.29, 0.717) is 17.9 Å². The summed E-state index contributed by atoms with van der Waals surface area (Å²) >= 11 is 0. The second kappa shape index (κ2) is 5.55. The molecule has 2 N–H and O–H groups in total. The first-order valence-electron chi connectivity index (χ1n) is 6.71. The molecule has 1 aromatic heterocycles. The van der Waals surface area contributed by atoms with Crippen LogP contribution in [0.25, 0.3) is 0 Å². The van der Waals surface area contributed by atoms with E-state index in [-0.39, 0.29) is 0 Å². The van der Waals surface area contributed by atoms with Crippen LogP contribution in [0.1, 0.15) is 17.0 Å². The summed E-state index contributed by atoms with van der Waals surface area (Å²) in [6, 6.07) is 5.25. The molecule has 2 aromatic rings. The molecule has 2 heterocycles. The third kappa shape index (κ3) is 2.97. The van der Waals surface area contributed by atoms with Crippen LogP contribution in [-0.2, 0) is 36.6 Å². The standard InChI is InChI=1S/C13H17N5O2S/c1-18-9-15-17-13(18)4-5-16-21(19,20)12-3-2-10-7-14-8-11(10)6-12/h2-3,6,9,14,16H,4-5,7-8H2,1H3. The van der Waals surface area contributed by atoms with Gasteiger partial charge in [0, 0.05) is 33.1 Å². The van der Waals surface area contributed by atoms with Crippen LogP contribution in [0.2, 0.25) is 0 Å². The molecule has 0 bridgehead atoms. The van der Waals surface area contributed by atoms with Crippen LogP contribution >= 0.6 is 0 Å². The second-order valence-corrected chi connectivity index (χ2v) is 6.81. The Morgan fingerprint density at radius 2 is 2.14 bits per heavy atom. The summed E-state index contributed by atoms with van der Waals surface area (Å²) in [5.41, 5.74) is 2.21. The Kier molecular flexibility index (Phi) is 3.75. The molecule has 1 aliphatic heterocycles. The average Bonchev–Trinajstić information content (AvgIpc) is 3.07. The highest BCUT2D eigenvalue weighted by atomic mass is 32.2. The summed E-state index contributed by atoms with van der Waals surface area (Å²) in [5.74, 6) is 0.746. The van der Waals surface area contributed by atoms with E-state index < -0.39 is 10.0 Å². The van der Waals surface area contributed by atoms with Gasteiger partial charge in [0.2, 0.25) is 10.0 Å². The van der Waals surface area contributed by atoms with Crippen molar-refractivity contribution in [3.63, 3.8) is 0 Å². The number of nitrogens with zero attached hydrogens (tertiary/aromatic N) is 3. The van der Waals surface area contributed by atoms with Crippen molar-refractivity contribution in [3.05, 3.63) is 41.5 Å². The molecule has 0 radical (unpaired) electrons. The summed E-state index contributed by atoms with van der Waals surface area (Å²) in [5, 5.41) is 10.9. The Morgan fingerprint density at radius 3 is 2.90 bits per heavy atom. The Labute approximate surface area is 123 Å². The zero-order valence-electron chi connectivity index (χ0n) is 11.7. The van der Waals surface area contributed by atoms with Gasteiger partial charge in [-0.15, -0.1) is 10.2 Å². The highest BCUT2D eigenvalue weighted by Gasteiger charge is 2.18. The highest BCUT2D eigenvalue weighted by Crippen LogP contribution is 2.19. The molecular weight excluding hydrogens is 290 g/mol. The Bertz CT molecular complexity index is 754. The number of hydrogen-bond donors (Lipinski definition) is 2. The lowest BCUT2D eigenvalue weighted by Gasteiger charge is -2.08. The predicted octanol–water partition coefficient (Wildman–Crippen LogP) is -0.0607. The van der Waals surface area contributed by atoms with Crippen LogP contribution in [0.15, 0.2) is 29.4 Å². The Hall–Kier alpha value is -1.77. The van der Waals surface area contributed by atoms with E-state index in [1.54, 1.807) is 23.0 Å². The van der Waals surface area contributed by atoms with Crippen molar-refractivity contribution in [1.82, 2.24) is 24.8 Å². The summed E-state index contributed by atoms with van der Waals surface area (Å²) in [7, 11) is -1.65. The third-order valence-corrected chi connectivity index (χ3v) is 5.02. The zero-order valence-corrected chi connectivity index (χ0v) is 12.5. The number of benzene rings is 1.